The number of hydrogen-bond acceptors (Lipinski definition) is 1. The van der Waals surface area contributed by atoms with Crippen LogP contribution in [-0.4, -0.2) is 24.4 Å². The predicted octanol–water partition coefficient (Wildman–Crippen LogP) is 19.5. The molecule has 5 aliphatic carbocycles. The zero-order chi connectivity index (χ0) is 45.5. The summed E-state index contributed by atoms with van der Waals surface area (Å²) in [6, 6.07) is 6.48. The van der Waals surface area contributed by atoms with E-state index in [0.717, 1.165) is 17.5 Å². The van der Waals surface area contributed by atoms with Crippen molar-refractivity contribution in [2.45, 2.75) is 308 Å². The number of fused-ring (bicyclic) bond motifs is 5. The molecule has 0 amide bonds. The Morgan fingerprint density at radius 1 is 0.603 bits per heavy atom. The highest BCUT2D eigenvalue weighted by Gasteiger charge is 2.57. The van der Waals surface area contributed by atoms with E-state index >= 15 is 0 Å². The number of allylic oxidation sites excluding steroid dienone is 4. The molecule has 0 heterocycles. The average molecular weight is 881 g/mol. The fourth-order valence-electron chi connectivity index (χ4n) is 15.4. The minimum atomic E-state index is -1.87. The van der Waals surface area contributed by atoms with Crippen LogP contribution in [0.25, 0.3) is 5.57 Å². The van der Waals surface area contributed by atoms with Crippen molar-refractivity contribution in [3.05, 3.63) is 52.1 Å². The summed E-state index contributed by atoms with van der Waals surface area (Å²) in [5.41, 5.74) is 12.0. The van der Waals surface area contributed by atoms with Gasteiger partial charge in [-0.1, -0.05) is 234 Å². The van der Waals surface area contributed by atoms with Crippen LogP contribution < -0.4 is 0 Å². The van der Waals surface area contributed by atoms with E-state index in [-0.39, 0.29) is 21.8 Å². The molecule has 0 bridgehead atoms. The maximum absolute atomic E-state index is 3.23. The third-order valence-electron chi connectivity index (χ3n) is 18.5. The lowest BCUT2D eigenvalue weighted by Crippen LogP contribution is -2.65. The van der Waals surface area contributed by atoms with Crippen LogP contribution in [0.3, 0.4) is 0 Å². The van der Waals surface area contributed by atoms with E-state index in [1.807, 2.05) is 5.57 Å². The van der Waals surface area contributed by atoms with E-state index in [0.29, 0.717) is 11.8 Å². The average Bonchev–Trinajstić information content (AvgIpc) is 3.70. The Balaban J connectivity index is 1.37. The summed E-state index contributed by atoms with van der Waals surface area (Å²) in [7, 11) is -1.87. The summed E-state index contributed by atoms with van der Waals surface area (Å²) < 4.78 is 3.23. The Hall–Kier alpha value is -1.12. The predicted molar refractivity (Wildman–Crippen MR) is 283 cm³/mol. The third-order valence-corrected chi connectivity index (χ3v) is 23.4. The normalized spacial score (nSPS) is 25.1. The molecule has 1 aromatic carbocycles. The molecule has 6 rings (SSSR count). The van der Waals surface area contributed by atoms with Gasteiger partial charge in [0, 0.05) is 17.0 Å². The highest BCUT2D eigenvalue weighted by Crippen LogP contribution is 2.64. The molecule has 5 aliphatic rings. The van der Waals surface area contributed by atoms with Crippen molar-refractivity contribution < 1.29 is 0 Å². The Kier molecular flexibility index (Phi) is 18.2. The topological polar surface area (TPSA) is 3.24 Å². The van der Waals surface area contributed by atoms with E-state index in [2.05, 4.69) is 111 Å². The van der Waals surface area contributed by atoms with Gasteiger partial charge in [0.05, 0.1) is 0 Å². The van der Waals surface area contributed by atoms with Crippen molar-refractivity contribution in [1.29, 1.82) is 0 Å². The van der Waals surface area contributed by atoms with Crippen LogP contribution in [0.2, 0.25) is 18.6 Å². The van der Waals surface area contributed by atoms with Crippen LogP contribution in [0, 0.1) is 17.8 Å². The molecule has 0 aliphatic heterocycles. The zero-order valence-corrected chi connectivity index (χ0v) is 45.4. The zero-order valence-electron chi connectivity index (χ0n) is 44.4. The van der Waals surface area contributed by atoms with Gasteiger partial charge < -0.3 is 4.57 Å². The van der Waals surface area contributed by atoms with Gasteiger partial charge in [-0.2, -0.15) is 0 Å². The molecule has 0 spiro atoms. The summed E-state index contributed by atoms with van der Waals surface area (Å²) in [5.74, 6) is 2.15. The van der Waals surface area contributed by atoms with Crippen molar-refractivity contribution in [3.8, 4) is 0 Å². The lowest BCUT2D eigenvalue weighted by molar-refractivity contribution is 0.139. The monoisotopic (exact) mass is 880 g/mol. The Bertz CT molecular complexity index is 1620. The number of nitrogens with zero attached hydrogens (tertiary/aromatic N) is 1. The molecular formula is C61H105NSi. The van der Waals surface area contributed by atoms with Crippen molar-refractivity contribution in [3.63, 3.8) is 0 Å². The summed E-state index contributed by atoms with van der Waals surface area (Å²) in [5, 5.41) is 0. The van der Waals surface area contributed by atoms with Crippen molar-refractivity contribution in [1.82, 2.24) is 4.57 Å². The standard InChI is InChI=1S/C61H105NSi/c1-13-15-17-19-21-23-25-27-29-34-38-61(39-35-30-28-26-24-22-20-18-16-14-2)53-44-50-48(42-47(3)57(50)63(11,12)62(58(4,5)6)49-36-32-31-33-37-49)43-51(53)52-45-55-56(46-54(52)61)60(9,10)41-40-59(55,7)8/h43-50,57H,13-42H2,1-12H3. The van der Waals surface area contributed by atoms with Gasteiger partial charge in [0.15, 0.2) is 0 Å². The van der Waals surface area contributed by atoms with E-state index < -0.39 is 8.24 Å². The van der Waals surface area contributed by atoms with E-state index in [9.17, 15) is 0 Å². The number of benzene rings is 1. The first-order valence-electron chi connectivity index (χ1n) is 28.4. The number of unbranched alkanes of at least 4 members (excludes halogenated alkanes) is 18. The third kappa shape index (κ3) is 11.8. The largest absolute Gasteiger partial charge is 0.316 e. The van der Waals surface area contributed by atoms with Crippen LogP contribution in [-0.2, 0) is 16.2 Å². The fraction of sp³-hybridized carbons (Fsp3) is 0.836. The van der Waals surface area contributed by atoms with Gasteiger partial charge in [-0.3, -0.25) is 0 Å². The first-order valence-corrected chi connectivity index (χ1v) is 31.5. The van der Waals surface area contributed by atoms with Crippen molar-refractivity contribution in [2.24, 2.45) is 17.8 Å². The Morgan fingerprint density at radius 2 is 1.06 bits per heavy atom. The first-order chi connectivity index (χ1) is 30.0. The van der Waals surface area contributed by atoms with Gasteiger partial charge in [0.25, 0.3) is 0 Å². The summed E-state index contributed by atoms with van der Waals surface area (Å²) in [4.78, 5) is 0. The van der Waals surface area contributed by atoms with E-state index in [1.54, 1.807) is 27.8 Å². The minimum absolute atomic E-state index is 0.161. The molecule has 0 N–H and O–H groups in total. The highest BCUT2D eigenvalue weighted by atomic mass is 28.3. The highest BCUT2D eigenvalue weighted by molar-refractivity contribution is 6.76. The van der Waals surface area contributed by atoms with Crippen molar-refractivity contribution in [2.75, 3.05) is 0 Å². The summed E-state index contributed by atoms with van der Waals surface area (Å²) >= 11 is 0. The Labute approximate surface area is 394 Å². The quantitative estimate of drug-likeness (QED) is 0.0699. The molecule has 4 unspecified atom stereocenters. The van der Waals surface area contributed by atoms with Gasteiger partial charge in [-0.05, 0) is 133 Å². The molecular weight excluding hydrogens is 775 g/mol. The molecule has 358 valence electrons. The van der Waals surface area contributed by atoms with Crippen LogP contribution in [0.5, 0.6) is 0 Å². The van der Waals surface area contributed by atoms with Crippen LogP contribution in [0.15, 0.2) is 29.9 Å². The molecule has 63 heavy (non-hydrogen) atoms. The molecule has 2 saturated carbocycles. The SMILES string of the molecule is CCCCCCCCCCCCC1(CCCCCCCCCCCC)C2=CC3C(C=C2c2cc4c(cc21)C(C)(C)CCC4(C)C)CC(C)C3[Si](C)(C)N(C1CCCCC1)C(C)(C)C. The van der Waals surface area contributed by atoms with Crippen LogP contribution in [0.4, 0.5) is 0 Å². The van der Waals surface area contributed by atoms with E-state index in [4.69, 9.17) is 0 Å². The summed E-state index contributed by atoms with van der Waals surface area (Å²) in [6.45, 7) is 31.1. The molecule has 2 fully saturated rings. The molecule has 0 aromatic heterocycles. The van der Waals surface area contributed by atoms with Gasteiger partial charge in [0.2, 0.25) is 0 Å². The van der Waals surface area contributed by atoms with Gasteiger partial charge in [0.1, 0.15) is 8.24 Å². The first kappa shape index (κ1) is 51.3. The van der Waals surface area contributed by atoms with Crippen LogP contribution >= 0.6 is 0 Å². The second-order valence-electron chi connectivity index (χ2n) is 25.8. The van der Waals surface area contributed by atoms with Gasteiger partial charge >= 0.3 is 0 Å². The minimum Gasteiger partial charge on any atom is -0.316 e. The number of hydrogen-bond donors (Lipinski definition) is 0. The molecule has 1 nitrogen and oxygen atoms in total. The molecule has 2 heteroatoms. The second kappa shape index (κ2) is 22.3. The maximum atomic E-state index is 3.23. The second-order valence-corrected chi connectivity index (χ2v) is 30.2. The molecule has 0 saturated heterocycles. The maximum Gasteiger partial charge on any atom is 0.127 e. The van der Waals surface area contributed by atoms with Crippen molar-refractivity contribution >= 4 is 13.8 Å². The molecule has 4 atom stereocenters. The number of rotatable bonds is 25. The lowest BCUT2D eigenvalue weighted by Gasteiger charge is -2.56. The Morgan fingerprint density at radius 3 is 1.54 bits per heavy atom. The van der Waals surface area contributed by atoms with Crippen LogP contribution in [0.1, 0.15) is 284 Å². The summed E-state index contributed by atoms with van der Waals surface area (Å²) in [6.07, 6.45) is 48.3. The lowest BCUT2D eigenvalue weighted by atomic mass is 9.61. The smallest absolute Gasteiger partial charge is 0.127 e. The van der Waals surface area contributed by atoms with E-state index in [1.165, 1.54) is 193 Å². The van der Waals surface area contributed by atoms with Gasteiger partial charge in [-0.15, -0.1) is 0 Å². The fourth-order valence-corrected chi connectivity index (χ4v) is 21.5. The molecule has 1 aromatic rings. The molecule has 0 radical (unpaired) electrons. The van der Waals surface area contributed by atoms with Gasteiger partial charge in [-0.25, -0.2) is 0 Å².